The molecule has 0 aromatic carbocycles. The first-order chi connectivity index (χ1) is 19.7. The summed E-state index contributed by atoms with van der Waals surface area (Å²) in [4.78, 5) is 50.3. The van der Waals surface area contributed by atoms with Crippen LogP contribution in [0.4, 0.5) is 0 Å². The van der Waals surface area contributed by atoms with Crippen LogP contribution in [-0.2, 0) is 19.2 Å². The molecule has 0 bridgehead atoms. The van der Waals surface area contributed by atoms with Crippen molar-refractivity contribution in [3.63, 3.8) is 0 Å². The Morgan fingerprint density at radius 1 is 0.976 bits per heavy atom. The lowest BCUT2D eigenvalue weighted by atomic mass is 9.91. The zero-order valence-corrected chi connectivity index (χ0v) is 28.2. The van der Waals surface area contributed by atoms with Crippen molar-refractivity contribution < 1.29 is 19.2 Å². The number of carbonyl (C=O) groups is 4. The van der Waals surface area contributed by atoms with Crippen LogP contribution in [0.3, 0.4) is 0 Å². The summed E-state index contributed by atoms with van der Waals surface area (Å²) in [5.74, 6) is 1.24. The van der Waals surface area contributed by atoms with Gasteiger partial charge >= 0.3 is 0 Å². The van der Waals surface area contributed by atoms with Crippen LogP contribution in [0.1, 0.15) is 100 Å². The van der Waals surface area contributed by atoms with E-state index in [0.29, 0.717) is 42.4 Å². The number of nitrogens with one attached hydrogen (secondary N) is 2. The summed E-state index contributed by atoms with van der Waals surface area (Å²) in [6.07, 6.45) is 8.68. The van der Waals surface area contributed by atoms with Crippen LogP contribution < -0.4 is 15.8 Å². The highest BCUT2D eigenvalue weighted by Gasteiger charge is 2.29. The van der Waals surface area contributed by atoms with Crippen LogP contribution in [0.2, 0.25) is 0 Å². The first-order valence-corrected chi connectivity index (χ1v) is 16.5. The monoisotopic (exact) mass is 599 g/mol. The first kappa shape index (κ1) is 41.1. The van der Waals surface area contributed by atoms with Crippen molar-refractivity contribution in [3.8, 4) is 0 Å². The Kier molecular flexibility index (Phi) is 24.6. The molecule has 4 unspecified atom stereocenters. The predicted octanol–water partition coefficient (Wildman–Crippen LogP) is 4.76. The number of likely N-dealkylation sites (tertiary alicyclic amines) is 2. The van der Waals surface area contributed by atoms with E-state index in [0.717, 1.165) is 45.3 Å². The zero-order chi connectivity index (χ0) is 32.0. The Hall–Kier alpha value is -2.07. The minimum Gasteiger partial charge on any atom is -0.346 e. The Morgan fingerprint density at radius 2 is 1.51 bits per heavy atom. The van der Waals surface area contributed by atoms with Gasteiger partial charge in [-0.25, -0.2) is 0 Å². The van der Waals surface area contributed by atoms with Crippen molar-refractivity contribution in [1.82, 2.24) is 19.8 Å². The van der Waals surface area contributed by atoms with Crippen LogP contribution >= 0.6 is 11.9 Å². The number of amides is 4. The summed E-state index contributed by atoms with van der Waals surface area (Å²) in [5, 5.41) is 3.06. The SMILES string of the molecule is C=CC(C)C(NC=O)C(=O)NSC1CC1.CC.CC.CC1CC(C)CN(C(=O)CCC(=O)N2CCC[C@H]2C)C1.CN. The Labute approximate surface area is 255 Å². The molecule has 4 N–H and O–H groups in total. The summed E-state index contributed by atoms with van der Waals surface area (Å²) < 4.78 is 2.75. The third-order valence-corrected chi connectivity index (χ3v) is 8.05. The molecule has 3 rings (SSSR count). The maximum absolute atomic E-state index is 12.2. The van der Waals surface area contributed by atoms with E-state index in [1.165, 1.54) is 25.4 Å². The van der Waals surface area contributed by atoms with Gasteiger partial charge < -0.3 is 20.9 Å². The first-order valence-electron chi connectivity index (χ1n) is 15.6. The predicted molar refractivity (Wildman–Crippen MR) is 173 cm³/mol. The number of piperidine rings is 1. The molecule has 2 aliphatic heterocycles. The van der Waals surface area contributed by atoms with E-state index in [2.05, 4.69) is 43.1 Å². The molecule has 3 aliphatic rings. The fraction of sp³-hybridized carbons (Fsp3) is 0.806. The van der Waals surface area contributed by atoms with Crippen molar-refractivity contribution >= 4 is 36.1 Å². The molecule has 2 heterocycles. The summed E-state index contributed by atoms with van der Waals surface area (Å²) in [6, 6.07) is -0.168. The highest BCUT2D eigenvalue weighted by atomic mass is 32.2. The third kappa shape index (κ3) is 16.8. The molecule has 1 aliphatic carbocycles. The van der Waals surface area contributed by atoms with Crippen molar-refractivity contribution in [2.75, 3.05) is 26.7 Å². The van der Waals surface area contributed by atoms with Gasteiger partial charge in [-0.3, -0.25) is 23.9 Å². The minimum absolute atomic E-state index is 0.0741. The Balaban J connectivity index is 0. The molecule has 41 heavy (non-hydrogen) atoms. The quantitative estimate of drug-likeness (QED) is 0.189. The van der Waals surface area contributed by atoms with Crippen LogP contribution in [0.15, 0.2) is 12.7 Å². The van der Waals surface area contributed by atoms with Crippen LogP contribution in [0, 0.1) is 17.8 Å². The standard InChI is InChI=1S/C16H28N2O2.C10H16N2O2S.2C2H6.CH5N/c1-12-9-13(2)11-17(10-12)15(19)6-7-16(20)18-8-4-5-14(18)3;1-3-7(2)9(11-6-13)10(14)12-15-8-4-5-8;3*1-2/h12-14H,4-11H2,1-3H3;3,6-9H,1,4-5H2,2H3,(H,11,13)(H,12,14);2*1-2H3;2H2,1H3/t12?,13?,14-;;;;/m1..../s1. The second-order valence-corrected chi connectivity index (χ2v) is 11.6. The lowest BCUT2D eigenvalue weighted by Gasteiger charge is -2.35. The topological polar surface area (TPSA) is 125 Å². The number of nitrogens with two attached hydrogens (primary N) is 1. The fourth-order valence-electron chi connectivity index (χ4n) is 4.75. The number of nitrogens with zero attached hydrogens (tertiary/aromatic N) is 2. The largest absolute Gasteiger partial charge is 0.346 e. The number of carbonyl (C=O) groups excluding carboxylic acids is 4. The molecule has 4 amide bonds. The molecule has 0 aromatic rings. The number of hydrogen-bond acceptors (Lipinski definition) is 6. The van der Waals surface area contributed by atoms with Gasteiger partial charge in [-0.15, -0.1) is 6.58 Å². The molecule has 0 aromatic heterocycles. The summed E-state index contributed by atoms with van der Waals surface area (Å²) in [5.41, 5.74) is 4.50. The van der Waals surface area contributed by atoms with Gasteiger partial charge in [-0.05, 0) is 69.9 Å². The van der Waals surface area contributed by atoms with E-state index >= 15 is 0 Å². The summed E-state index contributed by atoms with van der Waals surface area (Å²) >= 11 is 1.44. The molecule has 10 heteroatoms. The highest BCUT2D eigenvalue weighted by molar-refractivity contribution is 7.98. The van der Waals surface area contributed by atoms with Gasteiger partial charge in [0.05, 0.1) is 0 Å². The van der Waals surface area contributed by atoms with E-state index in [1.54, 1.807) is 6.08 Å². The maximum atomic E-state index is 12.2. The second-order valence-electron chi connectivity index (χ2n) is 10.5. The van der Waals surface area contributed by atoms with Gasteiger partial charge in [0.15, 0.2) is 0 Å². The second kappa shape index (κ2) is 24.5. The van der Waals surface area contributed by atoms with Crippen molar-refractivity contribution in [1.29, 1.82) is 0 Å². The van der Waals surface area contributed by atoms with E-state index < -0.39 is 6.04 Å². The molecular formula is C31H61N5O4S. The maximum Gasteiger partial charge on any atom is 0.252 e. The van der Waals surface area contributed by atoms with E-state index in [1.807, 2.05) is 44.4 Å². The normalized spacial score (nSPS) is 22.2. The van der Waals surface area contributed by atoms with Crippen LogP contribution in [0.5, 0.6) is 0 Å². The van der Waals surface area contributed by atoms with Gasteiger partial charge in [0.1, 0.15) is 6.04 Å². The smallest absolute Gasteiger partial charge is 0.252 e. The summed E-state index contributed by atoms with van der Waals surface area (Å²) in [6.45, 7) is 22.5. The van der Waals surface area contributed by atoms with Gasteiger partial charge in [0.25, 0.3) is 5.91 Å². The average molecular weight is 600 g/mol. The molecule has 9 nitrogen and oxygen atoms in total. The van der Waals surface area contributed by atoms with E-state index in [9.17, 15) is 19.2 Å². The Morgan fingerprint density at radius 3 is 1.95 bits per heavy atom. The minimum atomic E-state index is -0.522. The molecule has 240 valence electrons. The number of rotatable bonds is 10. The lowest BCUT2D eigenvalue weighted by Crippen LogP contribution is -2.45. The molecule has 0 spiro atoms. The van der Waals surface area contributed by atoms with Gasteiger partial charge in [0, 0.05) is 49.7 Å². The van der Waals surface area contributed by atoms with E-state index in [-0.39, 0.29) is 23.6 Å². The van der Waals surface area contributed by atoms with Gasteiger partial charge in [0.2, 0.25) is 18.2 Å². The molecule has 3 fully saturated rings. The van der Waals surface area contributed by atoms with Crippen LogP contribution in [-0.4, -0.2) is 77.9 Å². The average Bonchev–Trinajstić information content (AvgIpc) is 3.73. The highest BCUT2D eigenvalue weighted by Crippen LogP contribution is 2.31. The van der Waals surface area contributed by atoms with Gasteiger partial charge in [-0.1, -0.05) is 54.5 Å². The molecular weight excluding hydrogens is 538 g/mol. The summed E-state index contributed by atoms with van der Waals surface area (Å²) in [7, 11) is 1.50. The lowest BCUT2D eigenvalue weighted by molar-refractivity contribution is -0.138. The van der Waals surface area contributed by atoms with Crippen molar-refractivity contribution in [3.05, 3.63) is 12.7 Å². The van der Waals surface area contributed by atoms with Gasteiger partial charge in [-0.2, -0.15) is 0 Å². The van der Waals surface area contributed by atoms with Crippen LogP contribution in [0.25, 0.3) is 0 Å². The Bertz CT molecular complexity index is 740. The molecule has 0 radical (unpaired) electrons. The number of hydrogen-bond donors (Lipinski definition) is 3. The molecule has 2 saturated heterocycles. The third-order valence-electron chi connectivity index (χ3n) is 6.93. The van der Waals surface area contributed by atoms with Crippen molar-refractivity contribution in [2.24, 2.45) is 23.5 Å². The van der Waals surface area contributed by atoms with E-state index in [4.69, 9.17) is 0 Å². The fourth-order valence-corrected chi connectivity index (χ4v) is 5.53. The van der Waals surface area contributed by atoms with Crippen molar-refractivity contribution in [2.45, 2.75) is 118 Å². The molecule has 5 atom stereocenters. The molecule has 1 saturated carbocycles. The zero-order valence-electron chi connectivity index (χ0n) is 27.4.